The summed E-state index contributed by atoms with van der Waals surface area (Å²) < 4.78 is 4.93. The monoisotopic (exact) mass is 302 g/mol. The molecule has 0 spiro atoms. The standard InChI is InChI=1S/C8H8N2O3.C8H10O/c11-6-9-5-7-2-1-3-8(4-7)10(12)13;1-9-7-8-5-3-2-4-6-8/h1-4,6H,5H2,(H,9,11);2-6H,7H2,1H3. The van der Waals surface area contributed by atoms with Gasteiger partial charge in [-0.2, -0.15) is 0 Å². The quantitative estimate of drug-likeness (QED) is 0.505. The Morgan fingerprint density at radius 2 is 1.82 bits per heavy atom. The molecular weight excluding hydrogens is 284 g/mol. The lowest BCUT2D eigenvalue weighted by Crippen LogP contribution is -2.09. The molecule has 6 heteroatoms. The second-order valence-corrected chi connectivity index (χ2v) is 4.34. The first-order valence-corrected chi connectivity index (χ1v) is 6.60. The van der Waals surface area contributed by atoms with E-state index in [-0.39, 0.29) is 5.69 Å². The number of nitro benzene ring substituents is 1. The third-order valence-corrected chi connectivity index (χ3v) is 2.66. The average Bonchev–Trinajstić information content (AvgIpc) is 2.55. The van der Waals surface area contributed by atoms with Crippen LogP contribution in [0, 0.1) is 10.1 Å². The first-order chi connectivity index (χ1) is 10.7. The maximum atomic E-state index is 10.3. The predicted molar refractivity (Wildman–Crippen MR) is 83.2 cm³/mol. The van der Waals surface area contributed by atoms with E-state index in [0.29, 0.717) is 25.1 Å². The fourth-order valence-corrected chi connectivity index (χ4v) is 1.68. The van der Waals surface area contributed by atoms with Crippen LogP contribution in [0.5, 0.6) is 0 Å². The zero-order valence-electron chi connectivity index (χ0n) is 12.3. The number of benzene rings is 2. The molecule has 6 nitrogen and oxygen atoms in total. The van der Waals surface area contributed by atoms with Gasteiger partial charge in [0.1, 0.15) is 0 Å². The van der Waals surface area contributed by atoms with E-state index < -0.39 is 4.92 Å². The number of carbonyl (C=O) groups excluding carboxylic acids is 1. The Hall–Kier alpha value is -2.73. The molecule has 0 atom stereocenters. The van der Waals surface area contributed by atoms with Crippen LogP contribution in [0.1, 0.15) is 11.1 Å². The topological polar surface area (TPSA) is 81.5 Å². The lowest BCUT2D eigenvalue weighted by molar-refractivity contribution is -0.384. The van der Waals surface area contributed by atoms with Gasteiger partial charge in [0.2, 0.25) is 6.41 Å². The highest BCUT2D eigenvalue weighted by Gasteiger charge is 2.04. The number of nitrogens with zero attached hydrogens (tertiary/aromatic N) is 1. The molecule has 0 unspecified atom stereocenters. The first kappa shape index (κ1) is 17.3. The Kier molecular flexibility index (Phi) is 7.92. The summed E-state index contributed by atoms with van der Waals surface area (Å²) in [6.45, 7) is 1.02. The minimum absolute atomic E-state index is 0.0326. The summed E-state index contributed by atoms with van der Waals surface area (Å²) in [6, 6.07) is 16.2. The Labute approximate surface area is 128 Å². The summed E-state index contributed by atoms with van der Waals surface area (Å²) in [7, 11) is 1.70. The summed E-state index contributed by atoms with van der Waals surface area (Å²) >= 11 is 0. The maximum absolute atomic E-state index is 10.3. The minimum Gasteiger partial charge on any atom is -0.380 e. The van der Waals surface area contributed by atoms with Gasteiger partial charge in [-0.1, -0.05) is 42.5 Å². The molecule has 0 aliphatic carbocycles. The van der Waals surface area contributed by atoms with E-state index in [0.717, 1.165) is 0 Å². The highest BCUT2D eigenvalue weighted by atomic mass is 16.6. The molecule has 2 rings (SSSR count). The fourth-order valence-electron chi connectivity index (χ4n) is 1.68. The van der Waals surface area contributed by atoms with Crippen LogP contribution < -0.4 is 5.32 Å². The van der Waals surface area contributed by atoms with Crippen LogP contribution in [0.2, 0.25) is 0 Å². The van der Waals surface area contributed by atoms with Gasteiger partial charge in [-0.25, -0.2) is 0 Å². The van der Waals surface area contributed by atoms with E-state index in [1.807, 2.05) is 30.3 Å². The Morgan fingerprint density at radius 1 is 1.14 bits per heavy atom. The molecule has 2 aromatic rings. The van der Waals surface area contributed by atoms with Gasteiger partial charge in [0, 0.05) is 25.8 Å². The van der Waals surface area contributed by atoms with Crippen molar-refractivity contribution in [3.05, 3.63) is 75.8 Å². The second-order valence-electron chi connectivity index (χ2n) is 4.34. The van der Waals surface area contributed by atoms with Crippen LogP contribution in [-0.2, 0) is 22.7 Å². The van der Waals surface area contributed by atoms with Crippen molar-refractivity contribution in [2.24, 2.45) is 0 Å². The van der Waals surface area contributed by atoms with Crippen molar-refractivity contribution in [2.45, 2.75) is 13.2 Å². The number of amides is 1. The third kappa shape index (κ3) is 6.62. The summed E-state index contributed by atoms with van der Waals surface area (Å²) in [6.07, 6.45) is 0.554. The van der Waals surface area contributed by atoms with E-state index in [1.165, 1.54) is 17.7 Å². The zero-order chi connectivity index (χ0) is 16.2. The molecule has 0 radical (unpaired) electrons. The zero-order valence-corrected chi connectivity index (χ0v) is 12.3. The third-order valence-electron chi connectivity index (χ3n) is 2.66. The Morgan fingerprint density at radius 3 is 2.41 bits per heavy atom. The van der Waals surface area contributed by atoms with Crippen LogP contribution in [0.25, 0.3) is 0 Å². The largest absolute Gasteiger partial charge is 0.380 e. The summed E-state index contributed by atoms with van der Waals surface area (Å²) in [5, 5.41) is 12.8. The van der Waals surface area contributed by atoms with E-state index in [4.69, 9.17) is 4.74 Å². The van der Waals surface area contributed by atoms with Crippen molar-refractivity contribution in [2.75, 3.05) is 7.11 Å². The number of carbonyl (C=O) groups is 1. The molecule has 0 saturated carbocycles. The van der Waals surface area contributed by atoms with Gasteiger partial charge in [0.15, 0.2) is 0 Å². The summed E-state index contributed by atoms with van der Waals surface area (Å²) in [4.78, 5) is 19.8. The molecule has 0 bridgehead atoms. The molecule has 0 fully saturated rings. The van der Waals surface area contributed by atoms with Crippen molar-refractivity contribution in [3.63, 3.8) is 0 Å². The van der Waals surface area contributed by atoms with Crippen LogP contribution in [0.4, 0.5) is 5.69 Å². The van der Waals surface area contributed by atoms with Crippen LogP contribution >= 0.6 is 0 Å². The van der Waals surface area contributed by atoms with E-state index in [9.17, 15) is 14.9 Å². The van der Waals surface area contributed by atoms with Gasteiger partial charge >= 0.3 is 0 Å². The number of rotatable bonds is 6. The first-order valence-electron chi connectivity index (χ1n) is 6.60. The van der Waals surface area contributed by atoms with Crippen LogP contribution in [-0.4, -0.2) is 18.4 Å². The molecule has 0 saturated heterocycles. The molecule has 22 heavy (non-hydrogen) atoms. The molecule has 116 valence electrons. The van der Waals surface area contributed by atoms with Gasteiger partial charge in [0.05, 0.1) is 11.5 Å². The number of non-ortho nitro benzene ring substituents is 1. The van der Waals surface area contributed by atoms with Crippen molar-refractivity contribution in [1.29, 1.82) is 0 Å². The number of nitro groups is 1. The molecule has 2 aromatic carbocycles. The van der Waals surface area contributed by atoms with Crippen molar-refractivity contribution < 1.29 is 14.5 Å². The van der Waals surface area contributed by atoms with Crippen molar-refractivity contribution >= 4 is 12.1 Å². The van der Waals surface area contributed by atoms with E-state index >= 15 is 0 Å². The lowest BCUT2D eigenvalue weighted by Gasteiger charge is -1.98. The maximum Gasteiger partial charge on any atom is 0.269 e. The van der Waals surface area contributed by atoms with Crippen molar-refractivity contribution in [1.82, 2.24) is 5.32 Å². The predicted octanol–water partition coefficient (Wildman–Crippen LogP) is 2.67. The molecule has 0 aliphatic heterocycles. The van der Waals surface area contributed by atoms with E-state index in [2.05, 4.69) is 5.32 Å². The Bertz CT molecular complexity index is 588. The number of hydrogen-bond acceptors (Lipinski definition) is 4. The molecule has 0 heterocycles. The smallest absolute Gasteiger partial charge is 0.269 e. The molecule has 1 N–H and O–H groups in total. The fraction of sp³-hybridized carbons (Fsp3) is 0.188. The highest BCUT2D eigenvalue weighted by molar-refractivity contribution is 5.46. The Balaban J connectivity index is 0.000000235. The summed E-state index contributed by atoms with van der Waals surface area (Å²) in [5.74, 6) is 0. The van der Waals surface area contributed by atoms with Crippen molar-refractivity contribution in [3.8, 4) is 0 Å². The number of nitrogens with one attached hydrogen (secondary N) is 1. The van der Waals surface area contributed by atoms with Gasteiger partial charge < -0.3 is 10.1 Å². The minimum atomic E-state index is -0.468. The number of ether oxygens (including phenoxy) is 1. The lowest BCUT2D eigenvalue weighted by atomic mass is 10.2. The average molecular weight is 302 g/mol. The van der Waals surface area contributed by atoms with Gasteiger partial charge in [0.25, 0.3) is 5.69 Å². The van der Waals surface area contributed by atoms with Gasteiger partial charge in [-0.05, 0) is 11.1 Å². The second kappa shape index (κ2) is 10.1. The molecule has 0 aliphatic rings. The number of methoxy groups -OCH3 is 1. The highest BCUT2D eigenvalue weighted by Crippen LogP contribution is 2.12. The van der Waals surface area contributed by atoms with E-state index in [1.54, 1.807) is 19.2 Å². The SMILES string of the molecule is COCc1ccccc1.O=CNCc1cccc([N+](=O)[O-])c1. The van der Waals surface area contributed by atoms with Gasteiger partial charge in [-0.15, -0.1) is 0 Å². The van der Waals surface area contributed by atoms with Gasteiger partial charge in [-0.3, -0.25) is 14.9 Å². The molecular formula is C16H18N2O4. The summed E-state index contributed by atoms with van der Waals surface area (Å²) in [5.41, 5.74) is 1.96. The normalized spacial score (nSPS) is 9.32. The molecule has 1 amide bonds. The number of hydrogen-bond donors (Lipinski definition) is 1. The van der Waals surface area contributed by atoms with Crippen LogP contribution in [0.3, 0.4) is 0 Å². The van der Waals surface area contributed by atoms with Crippen LogP contribution in [0.15, 0.2) is 54.6 Å². The molecule has 0 aromatic heterocycles.